The molecule has 1 saturated carbocycles. The van der Waals surface area contributed by atoms with Gasteiger partial charge < -0.3 is 19.7 Å². The number of hydrogen-bond acceptors (Lipinski definition) is 6. The summed E-state index contributed by atoms with van der Waals surface area (Å²) in [6.07, 6.45) is 3.92. The monoisotopic (exact) mass is 604 g/mol. The second-order valence-corrected chi connectivity index (χ2v) is 11.5. The van der Waals surface area contributed by atoms with E-state index in [0.29, 0.717) is 48.7 Å². The van der Waals surface area contributed by atoms with Crippen molar-refractivity contribution in [3.8, 4) is 5.75 Å². The maximum absolute atomic E-state index is 13.2. The lowest BCUT2D eigenvalue weighted by Gasteiger charge is -2.23. The lowest BCUT2D eigenvalue weighted by Crippen LogP contribution is -2.35. The molecule has 1 aliphatic carbocycles. The summed E-state index contributed by atoms with van der Waals surface area (Å²) in [7, 11) is 1.36. The summed E-state index contributed by atoms with van der Waals surface area (Å²) in [5, 5.41) is 3.25. The number of methoxy groups -OCH3 is 1. The van der Waals surface area contributed by atoms with E-state index in [0.717, 1.165) is 29.8 Å². The molecule has 1 fully saturated rings. The van der Waals surface area contributed by atoms with Gasteiger partial charge in [0, 0.05) is 36.3 Å². The number of carbonyl (C=O) groups excluding carboxylic acids is 3. The van der Waals surface area contributed by atoms with Gasteiger partial charge in [-0.3, -0.25) is 9.59 Å². The number of hydrogen-bond donors (Lipinski definition) is 1. The van der Waals surface area contributed by atoms with E-state index < -0.39 is 12.0 Å². The largest absolute Gasteiger partial charge is 0.494 e. The Balaban J connectivity index is 1.15. The van der Waals surface area contributed by atoms with Gasteiger partial charge in [-0.15, -0.1) is 0 Å². The molecule has 7 heteroatoms. The second kappa shape index (κ2) is 15.7. The molecular formula is C38H40N2O5. The van der Waals surface area contributed by atoms with Crippen LogP contribution in [0.3, 0.4) is 0 Å². The average molecular weight is 605 g/mol. The minimum atomic E-state index is -0.697. The number of rotatable bonds is 16. The Hall–Kier alpha value is -4.91. The van der Waals surface area contributed by atoms with Crippen molar-refractivity contribution in [1.29, 1.82) is 0 Å². The van der Waals surface area contributed by atoms with E-state index in [2.05, 4.69) is 5.32 Å². The summed E-state index contributed by atoms with van der Waals surface area (Å²) in [4.78, 5) is 41.0. The van der Waals surface area contributed by atoms with Gasteiger partial charge in [-0.05, 0) is 60.6 Å². The van der Waals surface area contributed by atoms with Crippen LogP contribution in [0.2, 0.25) is 0 Å². The van der Waals surface area contributed by atoms with Gasteiger partial charge in [-0.25, -0.2) is 4.79 Å². The van der Waals surface area contributed by atoms with E-state index in [1.54, 1.807) is 30.3 Å². The number of benzene rings is 4. The molecule has 0 bridgehead atoms. The van der Waals surface area contributed by atoms with Crippen molar-refractivity contribution in [1.82, 2.24) is 4.90 Å². The molecule has 0 saturated heterocycles. The zero-order valence-corrected chi connectivity index (χ0v) is 25.7. The molecule has 0 aliphatic heterocycles. The number of ketones is 1. The molecule has 4 aromatic rings. The summed E-state index contributed by atoms with van der Waals surface area (Å²) in [6.45, 7) is 1.99. The van der Waals surface area contributed by atoms with E-state index in [1.807, 2.05) is 83.8 Å². The number of anilines is 1. The van der Waals surface area contributed by atoms with Crippen LogP contribution in [0.1, 0.15) is 46.3 Å². The van der Waals surface area contributed by atoms with Crippen LogP contribution in [0.25, 0.3) is 0 Å². The minimum Gasteiger partial charge on any atom is -0.494 e. The first-order chi connectivity index (χ1) is 22.0. The van der Waals surface area contributed by atoms with E-state index in [1.165, 1.54) is 20.0 Å². The van der Waals surface area contributed by atoms with Crippen molar-refractivity contribution >= 4 is 23.3 Å². The molecule has 0 heterocycles. The van der Waals surface area contributed by atoms with Crippen LogP contribution in [0.15, 0.2) is 109 Å². The summed E-state index contributed by atoms with van der Waals surface area (Å²) in [5.74, 6) is 0.969. The molecule has 0 spiro atoms. The fourth-order valence-corrected chi connectivity index (χ4v) is 5.29. The molecule has 1 aliphatic rings. The standard InChI is InChI=1S/C38H40N2O5/c1-44-38(43)35(39-34-16-9-8-15-33(34)37(42)31-13-6-3-7-14-31)25-29-19-21-32(22-20-29)45-24-10-23-40(27-30-17-18-30)36(41)26-28-11-4-2-5-12-28/h2-9,11-16,19-22,30,35,39H,10,17-18,23-27H2,1H3/t35-/m0/s1. The van der Waals surface area contributed by atoms with Crippen LogP contribution in [0.4, 0.5) is 5.69 Å². The van der Waals surface area contributed by atoms with E-state index in [9.17, 15) is 14.4 Å². The molecule has 1 atom stereocenters. The molecule has 1 N–H and O–H groups in total. The zero-order valence-electron chi connectivity index (χ0n) is 25.7. The smallest absolute Gasteiger partial charge is 0.328 e. The lowest BCUT2D eigenvalue weighted by molar-refractivity contribution is -0.141. The molecule has 1 amide bonds. The van der Waals surface area contributed by atoms with Gasteiger partial charge >= 0.3 is 5.97 Å². The Morgan fingerprint density at radius 1 is 0.822 bits per heavy atom. The fourth-order valence-electron chi connectivity index (χ4n) is 5.29. The number of amides is 1. The molecule has 5 rings (SSSR count). The molecule has 232 valence electrons. The van der Waals surface area contributed by atoms with Gasteiger partial charge in [0.25, 0.3) is 0 Å². The van der Waals surface area contributed by atoms with Crippen molar-refractivity contribution in [3.63, 3.8) is 0 Å². The number of nitrogens with zero attached hydrogens (tertiary/aromatic N) is 1. The van der Waals surface area contributed by atoms with Gasteiger partial charge in [0.2, 0.25) is 5.91 Å². The number of ether oxygens (including phenoxy) is 2. The third-order valence-corrected chi connectivity index (χ3v) is 7.95. The van der Waals surface area contributed by atoms with Crippen molar-refractivity contribution in [2.75, 3.05) is 32.1 Å². The first-order valence-electron chi connectivity index (χ1n) is 15.6. The highest BCUT2D eigenvalue weighted by Crippen LogP contribution is 2.30. The number of nitrogens with one attached hydrogen (secondary N) is 1. The Morgan fingerprint density at radius 2 is 1.49 bits per heavy atom. The molecule has 0 radical (unpaired) electrons. The van der Waals surface area contributed by atoms with E-state index in [-0.39, 0.29) is 11.7 Å². The zero-order chi connectivity index (χ0) is 31.4. The van der Waals surface area contributed by atoms with Crippen molar-refractivity contribution < 1.29 is 23.9 Å². The van der Waals surface area contributed by atoms with Crippen molar-refractivity contribution in [2.45, 2.75) is 38.1 Å². The predicted octanol–water partition coefficient (Wildman–Crippen LogP) is 6.36. The first-order valence-corrected chi connectivity index (χ1v) is 15.6. The minimum absolute atomic E-state index is 0.125. The van der Waals surface area contributed by atoms with Crippen molar-refractivity contribution in [3.05, 3.63) is 131 Å². The molecule has 4 aromatic carbocycles. The molecule has 7 nitrogen and oxygen atoms in total. The van der Waals surface area contributed by atoms with Crippen LogP contribution in [0, 0.1) is 5.92 Å². The SMILES string of the molecule is COC(=O)[C@H](Cc1ccc(OCCCN(CC2CC2)C(=O)Cc2ccccc2)cc1)Nc1ccccc1C(=O)c1ccccc1. The Kier molecular flexibility index (Phi) is 11.0. The molecular weight excluding hydrogens is 564 g/mol. The summed E-state index contributed by atoms with van der Waals surface area (Å²) < 4.78 is 11.1. The van der Waals surface area contributed by atoms with Gasteiger partial charge in [-0.2, -0.15) is 0 Å². The molecule has 0 unspecified atom stereocenters. The summed E-state index contributed by atoms with van der Waals surface area (Å²) >= 11 is 0. The highest BCUT2D eigenvalue weighted by atomic mass is 16.5. The van der Waals surface area contributed by atoms with Crippen LogP contribution in [0.5, 0.6) is 5.75 Å². The van der Waals surface area contributed by atoms with E-state index in [4.69, 9.17) is 9.47 Å². The van der Waals surface area contributed by atoms with Gasteiger partial charge in [-0.1, -0.05) is 84.9 Å². The Morgan fingerprint density at radius 3 is 2.18 bits per heavy atom. The first kappa shape index (κ1) is 31.5. The Labute approximate surface area is 265 Å². The summed E-state index contributed by atoms with van der Waals surface area (Å²) in [6, 6.07) is 33.1. The lowest BCUT2D eigenvalue weighted by atomic mass is 10.00. The fraction of sp³-hybridized carbons (Fsp3) is 0.289. The van der Waals surface area contributed by atoms with Crippen LogP contribution in [-0.2, 0) is 27.2 Å². The van der Waals surface area contributed by atoms with Crippen LogP contribution >= 0.6 is 0 Å². The highest BCUT2D eigenvalue weighted by Gasteiger charge is 2.27. The third kappa shape index (κ3) is 9.29. The topological polar surface area (TPSA) is 84.9 Å². The molecule has 45 heavy (non-hydrogen) atoms. The highest BCUT2D eigenvalue weighted by molar-refractivity contribution is 6.12. The normalized spacial score (nSPS) is 13.0. The molecule has 0 aromatic heterocycles. The predicted molar refractivity (Wildman–Crippen MR) is 175 cm³/mol. The van der Waals surface area contributed by atoms with Gasteiger partial charge in [0.15, 0.2) is 5.78 Å². The number of carbonyl (C=O) groups is 3. The quantitative estimate of drug-likeness (QED) is 0.0910. The second-order valence-electron chi connectivity index (χ2n) is 11.5. The third-order valence-electron chi connectivity index (χ3n) is 7.95. The van der Waals surface area contributed by atoms with Crippen molar-refractivity contribution in [2.24, 2.45) is 5.92 Å². The van der Waals surface area contributed by atoms with E-state index >= 15 is 0 Å². The maximum atomic E-state index is 13.2. The maximum Gasteiger partial charge on any atom is 0.328 e. The van der Waals surface area contributed by atoms with Gasteiger partial charge in [0.05, 0.1) is 20.1 Å². The van der Waals surface area contributed by atoms with Gasteiger partial charge in [0.1, 0.15) is 11.8 Å². The average Bonchev–Trinajstić information content (AvgIpc) is 3.91. The number of esters is 1. The number of para-hydroxylation sites is 1. The summed E-state index contributed by atoms with van der Waals surface area (Å²) in [5.41, 5.74) is 3.58. The van der Waals surface area contributed by atoms with Crippen LogP contribution in [-0.4, -0.2) is 55.4 Å². The van der Waals surface area contributed by atoms with Crippen LogP contribution < -0.4 is 10.1 Å². The Bertz CT molecular complexity index is 1550.